The highest BCUT2D eigenvalue weighted by Gasteiger charge is 2.20. The molecule has 1 atom stereocenters. The Morgan fingerprint density at radius 3 is 2.48 bits per heavy atom. The number of unbranched alkanes of at least 4 members (excludes halogenated alkanes) is 2. The number of hydrogen-bond acceptors (Lipinski definition) is 4. The summed E-state index contributed by atoms with van der Waals surface area (Å²) in [5, 5.41) is 12.3. The zero-order valence-corrected chi connectivity index (χ0v) is 13.4. The summed E-state index contributed by atoms with van der Waals surface area (Å²) in [6.07, 6.45) is 5.03. The third-order valence-electron chi connectivity index (χ3n) is 3.96. The van der Waals surface area contributed by atoms with Crippen LogP contribution in [0.4, 0.5) is 0 Å². The minimum atomic E-state index is -0.0286. The number of aryl methyl sites for hydroxylation is 1. The molecule has 0 aliphatic rings. The van der Waals surface area contributed by atoms with E-state index in [1.165, 1.54) is 5.56 Å². The predicted octanol–water partition coefficient (Wildman–Crippen LogP) is 2.10. The van der Waals surface area contributed by atoms with Gasteiger partial charge < -0.3 is 20.9 Å². The van der Waals surface area contributed by atoms with Crippen molar-refractivity contribution in [1.82, 2.24) is 5.32 Å². The van der Waals surface area contributed by atoms with Crippen molar-refractivity contribution >= 4 is 0 Å². The Balaban J connectivity index is 2.36. The Hall–Kier alpha value is -1.10. The average Bonchev–Trinajstić information content (AvgIpc) is 2.53. The molecule has 120 valence electrons. The van der Waals surface area contributed by atoms with Gasteiger partial charge in [0.25, 0.3) is 0 Å². The summed E-state index contributed by atoms with van der Waals surface area (Å²) in [7, 11) is 1.68. The second-order valence-corrected chi connectivity index (χ2v) is 5.82. The highest BCUT2D eigenvalue weighted by molar-refractivity contribution is 5.27. The fourth-order valence-corrected chi connectivity index (χ4v) is 2.28. The van der Waals surface area contributed by atoms with Crippen molar-refractivity contribution in [3.8, 4) is 5.75 Å². The number of hydrogen-bond donors (Lipinski definition) is 3. The van der Waals surface area contributed by atoms with E-state index in [2.05, 4.69) is 24.4 Å². The van der Waals surface area contributed by atoms with Crippen molar-refractivity contribution in [2.24, 2.45) is 5.73 Å². The number of ether oxygens (including phenoxy) is 1. The van der Waals surface area contributed by atoms with E-state index >= 15 is 0 Å². The number of benzene rings is 1. The fraction of sp³-hybridized carbons (Fsp3) is 0.647. The van der Waals surface area contributed by atoms with Crippen molar-refractivity contribution in [3.05, 3.63) is 29.8 Å². The molecule has 1 aromatic rings. The number of rotatable bonds is 11. The number of nitrogens with two attached hydrogens (primary N) is 1. The van der Waals surface area contributed by atoms with Crippen LogP contribution in [-0.4, -0.2) is 37.5 Å². The molecule has 0 aliphatic carbocycles. The van der Waals surface area contributed by atoms with E-state index in [1.54, 1.807) is 7.11 Å². The molecular formula is C17H30N2O2. The first-order valence-electron chi connectivity index (χ1n) is 7.82. The Labute approximate surface area is 128 Å². The van der Waals surface area contributed by atoms with Gasteiger partial charge in [-0.25, -0.2) is 0 Å². The second kappa shape index (κ2) is 9.77. The second-order valence-electron chi connectivity index (χ2n) is 5.82. The molecule has 21 heavy (non-hydrogen) atoms. The quantitative estimate of drug-likeness (QED) is 0.547. The molecule has 0 aromatic heterocycles. The van der Waals surface area contributed by atoms with Gasteiger partial charge in [-0.3, -0.25) is 0 Å². The lowest BCUT2D eigenvalue weighted by molar-refractivity contribution is 0.279. The summed E-state index contributed by atoms with van der Waals surface area (Å²) in [5.41, 5.74) is 7.21. The molecular weight excluding hydrogens is 264 g/mol. The first-order valence-corrected chi connectivity index (χ1v) is 7.82. The summed E-state index contributed by atoms with van der Waals surface area (Å²) < 4.78 is 5.17. The SMILES string of the molecule is COc1ccc(CCC(C)(CN)NCCCCCO)cc1. The average molecular weight is 294 g/mol. The maximum atomic E-state index is 8.77. The molecule has 4 heteroatoms. The van der Waals surface area contributed by atoms with Crippen LogP contribution in [0.1, 0.15) is 38.2 Å². The van der Waals surface area contributed by atoms with Crippen LogP contribution in [-0.2, 0) is 6.42 Å². The molecule has 0 aliphatic heterocycles. The molecule has 0 amide bonds. The molecule has 1 aromatic carbocycles. The molecule has 0 saturated heterocycles. The van der Waals surface area contributed by atoms with Crippen LogP contribution in [0.3, 0.4) is 0 Å². The zero-order chi connectivity index (χ0) is 15.6. The van der Waals surface area contributed by atoms with E-state index in [0.717, 1.165) is 44.4 Å². The van der Waals surface area contributed by atoms with Crippen LogP contribution in [0.5, 0.6) is 5.75 Å². The standard InChI is InChI=1S/C17H30N2O2/c1-17(14-18,19-12-4-3-5-13-20)11-10-15-6-8-16(21-2)9-7-15/h6-9,19-20H,3-5,10-14,18H2,1-2H3. The van der Waals surface area contributed by atoms with Gasteiger partial charge >= 0.3 is 0 Å². The minimum Gasteiger partial charge on any atom is -0.497 e. The molecule has 0 saturated carbocycles. The summed E-state index contributed by atoms with van der Waals surface area (Å²) in [4.78, 5) is 0. The normalized spacial score (nSPS) is 13.9. The Morgan fingerprint density at radius 1 is 1.19 bits per heavy atom. The van der Waals surface area contributed by atoms with Gasteiger partial charge in [0.05, 0.1) is 7.11 Å². The number of aliphatic hydroxyl groups excluding tert-OH is 1. The van der Waals surface area contributed by atoms with E-state index in [0.29, 0.717) is 6.54 Å². The van der Waals surface area contributed by atoms with Gasteiger partial charge in [-0.2, -0.15) is 0 Å². The van der Waals surface area contributed by atoms with Crippen LogP contribution >= 0.6 is 0 Å². The largest absolute Gasteiger partial charge is 0.497 e. The first-order chi connectivity index (χ1) is 10.1. The van der Waals surface area contributed by atoms with E-state index in [1.807, 2.05) is 12.1 Å². The smallest absolute Gasteiger partial charge is 0.118 e. The third kappa shape index (κ3) is 6.93. The Morgan fingerprint density at radius 2 is 1.90 bits per heavy atom. The summed E-state index contributed by atoms with van der Waals surface area (Å²) in [6.45, 7) is 4.05. The number of methoxy groups -OCH3 is 1. The Kier molecular flexibility index (Phi) is 8.35. The molecule has 4 nitrogen and oxygen atoms in total. The van der Waals surface area contributed by atoms with Crippen LogP contribution in [0.15, 0.2) is 24.3 Å². The molecule has 0 spiro atoms. The molecule has 0 bridgehead atoms. The summed E-state index contributed by atoms with van der Waals surface area (Å²) in [6, 6.07) is 8.21. The van der Waals surface area contributed by atoms with Crippen LogP contribution in [0.25, 0.3) is 0 Å². The minimum absolute atomic E-state index is 0.0286. The maximum Gasteiger partial charge on any atom is 0.118 e. The van der Waals surface area contributed by atoms with Crippen molar-refractivity contribution in [2.75, 3.05) is 26.8 Å². The topological polar surface area (TPSA) is 67.5 Å². The van der Waals surface area contributed by atoms with Gasteiger partial charge in [0.1, 0.15) is 5.75 Å². The lowest BCUT2D eigenvalue weighted by Crippen LogP contribution is -2.49. The lowest BCUT2D eigenvalue weighted by atomic mass is 9.93. The van der Waals surface area contributed by atoms with E-state index < -0.39 is 0 Å². The predicted molar refractivity (Wildman–Crippen MR) is 87.7 cm³/mol. The summed E-state index contributed by atoms with van der Waals surface area (Å²) >= 11 is 0. The molecule has 0 heterocycles. The monoisotopic (exact) mass is 294 g/mol. The fourth-order valence-electron chi connectivity index (χ4n) is 2.28. The lowest BCUT2D eigenvalue weighted by Gasteiger charge is -2.30. The Bertz CT molecular complexity index is 381. The van der Waals surface area contributed by atoms with Gasteiger partial charge in [0, 0.05) is 18.7 Å². The van der Waals surface area contributed by atoms with Gasteiger partial charge in [-0.05, 0) is 63.3 Å². The van der Waals surface area contributed by atoms with Crippen LogP contribution in [0.2, 0.25) is 0 Å². The van der Waals surface area contributed by atoms with Crippen LogP contribution < -0.4 is 15.8 Å². The highest BCUT2D eigenvalue weighted by atomic mass is 16.5. The van der Waals surface area contributed by atoms with Crippen molar-refractivity contribution in [2.45, 2.75) is 44.6 Å². The van der Waals surface area contributed by atoms with Crippen molar-refractivity contribution in [1.29, 1.82) is 0 Å². The molecule has 0 radical (unpaired) electrons. The van der Waals surface area contributed by atoms with E-state index in [9.17, 15) is 0 Å². The highest BCUT2D eigenvalue weighted by Crippen LogP contribution is 2.16. The molecule has 0 fully saturated rings. The molecule has 4 N–H and O–H groups in total. The third-order valence-corrected chi connectivity index (χ3v) is 3.96. The van der Waals surface area contributed by atoms with Gasteiger partial charge in [-0.1, -0.05) is 12.1 Å². The van der Waals surface area contributed by atoms with E-state index in [-0.39, 0.29) is 12.1 Å². The molecule has 1 rings (SSSR count). The van der Waals surface area contributed by atoms with Gasteiger partial charge in [-0.15, -0.1) is 0 Å². The number of nitrogens with one attached hydrogen (secondary N) is 1. The molecule has 1 unspecified atom stereocenters. The zero-order valence-electron chi connectivity index (χ0n) is 13.4. The van der Waals surface area contributed by atoms with Crippen LogP contribution in [0, 0.1) is 0 Å². The van der Waals surface area contributed by atoms with Gasteiger partial charge in [0.2, 0.25) is 0 Å². The maximum absolute atomic E-state index is 8.77. The first kappa shape index (κ1) is 18.0. The van der Waals surface area contributed by atoms with E-state index in [4.69, 9.17) is 15.6 Å². The van der Waals surface area contributed by atoms with Gasteiger partial charge in [0.15, 0.2) is 0 Å². The van der Waals surface area contributed by atoms with Crippen molar-refractivity contribution in [3.63, 3.8) is 0 Å². The van der Waals surface area contributed by atoms with Crippen molar-refractivity contribution < 1.29 is 9.84 Å². The summed E-state index contributed by atoms with van der Waals surface area (Å²) in [5.74, 6) is 0.891. The number of aliphatic hydroxyl groups is 1.